The molecule has 1 aromatic carbocycles. The van der Waals surface area contributed by atoms with Crippen LogP contribution in [0.4, 0.5) is 5.95 Å². The molecule has 3 unspecified atom stereocenters. The quantitative estimate of drug-likeness (QED) is 0.161. The number of nitrogens with zero attached hydrogens (tertiary/aromatic N) is 4. The van der Waals surface area contributed by atoms with Crippen molar-refractivity contribution in [2.24, 2.45) is 0 Å². The predicted octanol–water partition coefficient (Wildman–Crippen LogP) is 5.38. The number of nitrogen functional groups attached to an aromatic ring is 1. The van der Waals surface area contributed by atoms with Gasteiger partial charge in [-0.25, -0.2) is 14.6 Å². The highest BCUT2D eigenvalue weighted by Gasteiger charge is 2.29. The van der Waals surface area contributed by atoms with E-state index < -0.39 is 13.9 Å². The van der Waals surface area contributed by atoms with Gasteiger partial charge in [-0.1, -0.05) is 30.9 Å². The molecule has 0 bridgehead atoms. The Morgan fingerprint density at radius 1 is 1.19 bits per heavy atom. The standard InChI is InChI=1S/C21H28ClN6O6P.C7H14O/c1-4-32-20-18-19(26-21(23)27-20)28(13-24-18)14(2)11-17(31-3)12-33-35(30,25-9-10-29)34-16-7-5-15(22)6-8-16;1-8-7-5-3-2-4-6-7/h5-8,10,13-14,17H,4,9,11-12H2,1-3H3,(H,25,30)(H2,23,26,27);7H,2-6H2,1H3. The van der Waals surface area contributed by atoms with E-state index in [9.17, 15) is 9.36 Å². The minimum absolute atomic E-state index is 0.0723. The number of methoxy groups -OCH3 is 2. The van der Waals surface area contributed by atoms with Crippen molar-refractivity contribution in [3.63, 3.8) is 0 Å². The first kappa shape index (κ1) is 34.7. The summed E-state index contributed by atoms with van der Waals surface area (Å²) in [7, 11) is -0.547. The Kier molecular flexibility index (Phi) is 14.1. The molecule has 1 aliphatic carbocycles. The van der Waals surface area contributed by atoms with Crippen LogP contribution in [0.1, 0.15) is 58.4 Å². The minimum atomic E-state index is -3.88. The summed E-state index contributed by atoms with van der Waals surface area (Å²) in [5.74, 6) is 0.655. The Hall–Kier alpha value is -2.80. The molecule has 0 spiro atoms. The van der Waals surface area contributed by atoms with Crippen LogP contribution in [0.2, 0.25) is 5.02 Å². The van der Waals surface area contributed by atoms with Crippen molar-refractivity contribution in [2.75, 3.05) is 39.7 Å². The number of nitrogens with one attached hydrogen (secondary N) is 1. The van der Waals surface area contributed by atoms with Crippen molar-refractivity contribution < 1.29 is 32.6 Å². The van der Waals surface area contributed by atoms with Gasteiger partial charge in [0.25, 0.3) is 0 Å². The van der Waals surface area contributed by atoms with E-state index >= 15 is 0 Å². The van der Waals surface area contributed by atoms with Gasteiger partial charge < -0.3 is 33.8 Å². The van der Waals surface area contributed by atoms with Crippen LogP contribution in [0, 0.1) is 0 Å². The van der Waals surface area contributed by atoms with Gasteiger partial charge in [0.1, 0.15) is 12.0 Å². The molecular formula is C28H42ClN6O7P. The van der Waals surface area contributed by atoms with Gasteiger partial charge in [-0.15, -0.1) is 0 Å². The summed E-state index contributed by atoms with van der Waals surface area (Å²) in [5.41, 5.74) is 6.86. The second-order valence-corrected chi connectivity index (χ2v) is 12.1. The van der Waals surface area contributed by atoms with E-state index in [2.05, 4.69) is 20.0 Å². The van der Waals surface area contributed by atoms with Gasteiger partial charge in [-0.2, -0.15) is 9.97 Å². The summed E-state index contributed by atoms with van der Waals surface area (Å²) in [4.78, 5) is 23.6. The third-order valence-corrected chi connectivity index (χ3v) is 8.59. The van der Waals surface area contributed by atoms with E-state index in [1.54, 1.807) is 30.6 Å². The third-order valence-electron chi connectivity index (χ3n) is 6.82. The Morgan fingerprint density at radius 3 is 2.51 bits per heavy atom. The number of benzene rings is 1. The average molecular weight is 641 g/mol. The van der Waals surface area contributed by atoms with Gasteiger partial charge in [-0.3, -0.25) is 4.52 Å². The number of anilines is 1. The number of nitrogens with two attached hydrogens (primary N) is 1. The average Bonchev–Trinajstić information content (AvgIpc) is 3.44. The number of fused-ring (bicyclic) bond motifs is 1. The van der Waals surface area contributed by atoms with E-state index in [0.717, 1.165) is 0 Å². The molecule has 3 aromatic rings. The molecule has 4 rings (SSSR count). The largest absolute Gasteiger partial charge is 0.476 e. The zero-order valence-electron chi connectivity index (χ0n) is 25.1. The molecule has 0 amide bonds. The molecule has 0 radical (unpaired) electrons. The highest BCUT2D eigenvalue weighted by Crippen LogP contribution is 2.44. The molecular weight excluding hydrogens is 599 g/mol. The Balaban J connectivity index is 0.000000546. The first-order valence-corrected chi connectivity index (χ1v) is 16.2. The second-order valence-electron chi connectivity index (χ2n) is 9.95. The van der Waals surface area contributed by atoms with E-state index in [4.69, 9.17) is 40.6 Å². The molecule has 238 valence electrons. The van der Waals surface area contributed by atoms with Crippen LogP contribution in [0.25, 0.3) is 11.2 Å². The number of carbonyl (C=O) groups excluding carboxylic acids is 1. The first-order valence-electron chi connectivity index (χ1n) is 14.3. The fraction of sp³-hybridized carbons (Fsp3) is 0.571. The van der Waals surface area contributed by atoms with Crippen molar-refractivity contribution in [1.82, 2.24) is 24.6 Å². The normalized spacial score (nSPS) is 16.5. The van der Waals surface area contributed by atoms with Crippen LogP contribution in [-0.4, -0.2) is 72.0 Å². The summed E-state index contributed by atoms with van der Waals surface area (Å²) in [5, 5.41) is 3.01. The van der Waals surface area contributed by atoms with Crippen LogP contribution in [-0.2, 0) is 23.4 Å². The molecule has 1 fully saturated rings. The van der Waals surface area contributed by atoms with Gasteiger partial charge in [0.2, 0.25) is 11.8 Å². The third kappa shape index (κ3) is 10.7. The van der Waals surface area contributed by atoms with Gasteiger partial charge in [0.15, 0.2) is 11.2 Å². The zero-order chi connectivity index (χ0) is 31.2. The second kappa shape index (κ2) is 17.5. The Labute approximate surface area is 257 Å². The SMILES string of the molecule is CCOc1nc(N)nc2c1ncn2C(C)CC(COP(=O)(NCC=O)Oc1ccc(Cl)cc1)OC.COC1CCCCC1. The molecule has 2 heterocycles. The summed E-state index contributed by atoms with van der Waals surface area (Å²) in [6.45, 7) is 3.90. The van der Waals surface area contributed by atoms with Gasteiger partial charge in [0, 0.05) is 25.3 Å². The van der Waals surface area contributed by atoms with Crippen LogP contribution in [0.15, 0.2) is 30.6 Å². The number of aromatic nitrogens is 4. The minimum Gasteiger partial charge on any atom is -0.476 e. The predicted molar refractivity (Wildman–Crippen MR) is 165 cm³/mol. The topological polar surface area (TPSA) is 162 Å². The van der Waals surface area contributed by atoms with Gasteiger partial charge in [0.05, 0.1) is 38.3 Å². The maximum Gasteiger partial charge on any atom is 0.459 e. The molecule has 2 aromatic heterocycles. The van der Waals surface area contributed by atoms with Crippen LogP contribution < -0.4 is 20.1 Å². The smallest absolute Gasteiger partial charge is 0.459 e. The maximum atomic E-state index is 13.2. The molecule has 3 N–H and O–H groups in total. The number of imidazole rings is 1. The maximum absolute atomic E-state index is 13.2. The summed E-state index contributed by atoms with van der Waals surface area (Å²) in [6.07, 6.45) is 9.48. The lowest BCUT2D eigenvalue weighted by Gasteiger charge is -2.24. The molecule has 13 nitrogen and oxygen atoms in total. The van der Waals surface area contributed by atoms with Crippen LogP contribution in [0.3, 0.4) is 0 Å². The van der Waals surface area contributed by atoms with Gasteiger partial charge in [-0.05, 0) is 57.4 Å². The highest BCUT2D eigenvalue weighted by atomic mass is 35.5. The fourth-order valence-electron chi connectivity index (χ4n) is 4.56. The zero-order valence-corrected chi connectivity index (χ0v) is 26.8. The molecule has 15 heteroatoms. The van der Waals surface area contributed by atoms with Crippen molar-refractivity contribution >= 4 is 42.7 Å². The lowest BCUT2D eigenvalue weighted by molar-refractivity contribution is -0.107. The van der Waals surface area contributed by atoms with E-state index in [1.165, 1.54) is 39.2 Å². The van der Waals surface area contributed by atoms with E-state index in [0.29, 0.717) is 47.5 Å². The molecule has 3 atom stereocenters. The van der Waals surface area contributed by atoms with Crippen molar-refractivity contribution in [3.8, 4) is 11.6 Å². The fourth-order valence-corrected chi connectivity index (χ4v) is 5.96. The number of aldehydes is 1. The molecule has 1 saturated carbocycles. The molecule has 43 heavy (non-hydrogen) atoms. The first-order chi connectivity index (χ1) is 20.7. The number of carbonyl (C=O) groups is 1. The number of ether oxygens (including phenoxy) is 3. The highest BCUT2D eigenvalue weighted by molar-refractivity contribution is 7.52. The number of rotatable bonds is 15. The lowest BCUT2D eigenvalue weighted by atomic mass is 9.98. The molecule has 0 saturated heterocycles. The number of hydrogen-bond donors (Lipinski definition) is 2. The van der Waals surface area contributed by atoms with Crippen molar-refractivity contribution in [1.29, 1.82) is 0 Å². The summed E-state index contributed by atoms with van der Waals surface area (Å²) < 4.78 is 42.4. The monoisotopic (exact) mass is 640 g/mol. The van der Waals surface area contributed by atoms with E-state index in [1.807, 2.05) is 25.5 Å². The van der Waals surface area contributed by atoms with Crippen LogP contribution >= 0.6 is 19.3 Å². The Bertz CT molecular complexity index is 1320. The molecule has 0 aliphatic heterocycles. The van der Waals surface area contributed by atoms with Crippen LogP contribution in [0.5, 0.6) is 11.6 Å². The number of hydrogen-bond acceptors (Lipinski definition) is 11. The van der Waals surface area contributed by atoms with E-state index in [-0.39, 0.29) is 30.9 Å². The van der Waals surface area contributed by atoms with Crippen molar-refractivity contribution in [3.05, 3.63) is 35.6 Å². The number of halogens is 1. The Morgan fingerprint density at radius 2 is 1.91 bits per heavy atom. The molecule has 1 aliphatic rings. The van der Waals surface area contributed by atoms with Crippen molar-refractivity contribution in [2.45, 2.75) is 70.6 Å². The lowest BCUT2D eigenvalue weighted by Crippen LogP contribution is -2.26. The summed E-state index contributed by atoms with van der Waals surface area (Å²) >= 11 is 5.89. The van der Waals surface area contributed by atoms with Gasteiger partial charge >= 0.3 is 7.75 Å². The summed E-state index contributed by atoms with van der Waals surface area (Å²) in [6, 6.07) is 6.11.